The van der Waals surface area contributed by atoms with E-state index in [-0.39, 0.29) is 0 Å². The minimum Gasteiger partial charge on any atom is -0.382 e. The number of hydrogen-bond acceptors (Lipinski definition) is 4. The van der Waals surface area contributed by atoms with Crippen molar-refractivity contribution in [1.29, 1.82) is 0 Å². The molecule has 0 fully saturated rings. The van der Waals surface area contributed by atoms with Crippen LogP contribution in [0.4, 0.5) is 0 Å². The number of hydrogen-bond donors (Lipinski definition) is 1. The van der Waals surface area contributed by atoms with Crippen LogP contribution in [-0.4, -0.2) is 40.6 Å². The van der Waals surface area contributed by atoms with Gasteiger partial charge in [0.2, 0.25) is 0 Å². The minimum absolute atomic E-state index is 0.653. The first-order valence-corrected chi connectivity index (χ1v) is 6.73. The van der Waals surface area contributed by atoms with Gasteiger partial charge in [0.15, 0.2) is 0 Å². The summed E-state index contributed by atoms with van der Waals surface area (Å²) in [4.78, 5) is 0. The minimum atomic E-state index is 0.653. The molecule has 0 amide bonds. The molecule has 0 heterocycles. The lowest BCUT2D eigenvalue weighted by Gasteiger charge is -2.06. The molecule has 108 valence electrons. The van der Waals surface area contributed by atoms with Gasteiger partial charge in [0.1, 0.15) is 0 Å². The van der Waals surface area contributed by atoms with Crippen molar-refractivity contribution in [2.75, 3.05) is 40.6 Å². The van der Waals surface area contributed by atoms with Crippen LogP contribution in [0.3, 0.4) is 0 Å². The first kappa shape index (κ1) is 16.1. The number of rotatable bonds is 11. The Morgan fingerprint density at radius 3 is 2.26 bits per heavy atom. The van der Waals surface area contributed by atoms with Gasteiger partial charge < -0.3 is 19.5 Å². The van der Waals surface area contributed by atoms with Crippen molar-refractivity contribution in [3.05, 3.63) is 35.4 Å². The molecule has 0 bridgehead atoms. The average molecular weight is 267 g/mol. The number of benzene rings is 1. The largest absolute Gasteiger partial charge is 0.382 e. The second-order valence-corrected chi connectivity index (χ2v) is 4.36. The van der Waals surface area contributed by atoms with Gasteiger partial charge in [0.25, 0.3) is 0 Å². The zero-order valence-electron chi connectivity index (χ0n) is 12.0. The van der Waals surface area contributed by atoms with E-state index in [1.807, 2.05) is 7.05 Å². The van der Waals surface area contributed by atoms with Gasteiger partial charge >= 0.3 is 0 Å². The van der Waals surface area contributed by atoms with E-state index < -0.39 is 0 Å². The Labute approximate surface area is 116 Å². The van der Waals surface area contributed by atoms with Crippen LogP contribution in [0.2, 0.25) is 0 Å². The van der Waals surface area contributed by atoms with Gasteiger partial charge in [-0.3, -0.25) is 0 Å². The van der Waals surface area contributed by atoms with E-state index in [1.165, 1.54) is 11.1 Å². The Morgan fingerprint density at radius 2 is 1.58 bits per heavy atom. The fourth-order valence-electron chi connectivity index (χ4n) is 1.65. The van der Waals surface area contributed by atoms with E-state index in [4.69, 9.17) is 14.2 Å². The number of methoxy groups -OCH3 is 1. The molecule has 0 aliphatic carbocycles. The molecule has 1 rings (SSSR count). The molecule has 0 aliphatic heterocycles. The molecule has 0 spiro atoms. The molecule has 0 saturated heterocycles. The Bertz CT molecular complexity index is 314. The fourth-order valence-corrected chi connectivity index (χ4v) is 1.65. The van der Waals surface area contributed by atoms with Gasteiger partial charge in [-0.05, 0) is 24.6 Å². The summed E-state index contributed by atoms with van der Waals surface area (Å²) < 4.78 is 15.8. The highest BCUT2D eigenvalue weighted by atomic mass is 16.5. The summed E-state index contributed by atoms with van der Waals surface area (Å²) in [5.41, 5.74) is 2.50. The lowest BCUT2D eigenvalue weighted by molar-refractivity contribution is 0.0483. The van der Waals surface area contributed by atoms with Crippen molar-refractivity contribution >= 4 is 0 Å². The van der Waals surface area contributed by atoms with E-state index in [9.17, 15) is 0 Å². The molecule has 0 radical (unpaired) electrons. The predicted molar refractivity (Wildman–Crippen MR) is 76.2 cm³/mol. The van der Waals surface area contributed by atoms with Gasteiger partial charge in [0, 0.05) is 26.9 Å². The van der Waals surface area contributed by atoms with Crippen molar-refractivity contribution in [3.8, 4) is 0 Å². The van der Waals surface area contributed by atoms with Crippen molar-refractivity contribution in [1.82, 2.24) is 5.32 Å². The Hall–Kier alpha value is -0.940. The standard InChI is InChI=1S/C15H25NO3/c1-16-12-14-4-6-15(7-5-14)13-19-9-3-8-18-11-10-17-2/h4-7,16H,3,8-13H2,1-2H3. The zero-order chi connectivity index (χ0) is 13.8. The van der Waals surface area contributed by atoms with Gasteiger partial charge in [-0.15, -0.1) is 0 Å². The number of ether oxygens (including phenoxy) is 3. The first-order valence-electron chi connectivity index (χ1n) is 6.73. The fraction of sp³-hybridized carbons (Fsp3) is 0.600. The third-order valence-corrected chi connectivity index (χ3v) is 2.68. The normalized spacial score (nSPS) is 10.8. The Kier molecular flexibility index (Phi) is 9.27. The molecule has 1 aromatic carbocycles. The third kappa shape index (κ3) is 7.95. The SMILES string of the molecule is CNCc1ccc(COCCCOCCOC)cc1. The summed E-state index contributed by atoms with van der Waals surface area (Å²) >= 11 is 0. The van der Waals surface area contributed by atoms with Crippen molar-refractivity contribution < 1.29 is 14.2 Å². The second kappa shape index (κ2) is 10.9. The molecule has 0 aliphatic rings. The van der Waals surface area contributed by atoms with Crippen LogP contribution in [0, 0.1) is 0 Å². The first-order chi connectivity index (χ1) is 9.36. The van der Waals surface area contributed by atoms with Crippen LogP contribution in [0.15, 0.2) is 24.3 Å². The zero-order valence-corrected chi connectivity index (χ0v) is 12.0. The van der Waals surface area contributed by atoms with Gasteiger partial charge in [0.05, 0.1) is 19.8 Å². The third-order valence-electron chi connectivity index (χ3n) is 2.68. The highest BCUT2D eigenvalue weighted by molar-refractivity contribution is 5.21. The average Bonchev–Trinajstić information content (AvgIpc) is 2.44. The maximum atomic E-state index is 5.60. The molecule has 19 heavy (non-hydrogen) atoms. The highest BCUT2D eigenvalue weighted by Gasteiger charge is 1.95. The monoisotopic (exact) mass is 267 g/mol. The lowest BCUT2D eigenvalue weighted by Crippen LogP contribution is -2.06. The van der Waals surface area contributed by atoms with E-state index in [0.717, 1.165) is 26.2 Å². The molecular formula is C15H25NO3. The van der Waals surface area contributed by atoms with Gasteiger partial charge in [-0.1, -0.05) is 24.3 Å². The van der Waals surface area contributed by atoms with Crippen molar-refractivity contribution in [3.63, 3.8) is 0 Å². The Morgan fingerprint density at radius 1 is 0.895 bits per heavy atom. The van der Waals surface area contributed by atoms with Crippen LogP contribution in [0.25, 0.3) is 0 Å². The molecule has 4 nitrogen and oxygen atoms in total. The summed E-state index contributed by atoms with van der Waals surface area (Å²) in [5, 5.41) is 3.13. The highest BCUT2D eigenvalue weighted by Crippen LogP contribution is 2.05. The molecular weight excluding hydrogens is 242 g/mol. The molecule has 0 unspecified atom stereocenters. The van der Waals surface area contributed by atoms with Crippen LogP contribution in [0.1, 0.15) is 17.5 Å². The van der Waals surface area contributed by atoms with Gasteiger partial charge in [-0.25, -0.2) is 0 Å². The number of nitrogens with one attached hydrogen (secondary N) is 1. The summed E-state index contributed by atoms with van der Waals surface area (Å²) in [7, 11) is 3.63. The van der Waals surface area contributed by atoms with Gasteiger partial charge in [-0.2, -0.15) is 0 Å². The Balaban J connectivity index is 2.02. The summed E-state index contributed by atoms with van der Waals surface area (Å²) in [6.45, 7) is 4.33. The maximum Gasteiger partial charge on any atom is 0.0716 e. The van der Waals surface area contributed by atoms with E-state index in [0.29, 0.717) is 19.8 Å². The van der Waals surface area contributed by atoms with E-state index >= 15 is 0 Å². The molecule has 1 aromatic rings. The molecule has 0 atom stereocenters. The second-order valence-electron chi connectivity index (χ2n) is 4.36. The van der Waals surface area contributed by atoms with E-state index in [2.05, 4.69) is 29.6 Å². The molecule has 1 N–H and O–H groups in total. The summed E-state index contributed by atoms with van der Waals surface area (Å²) in [5.74, 6) is 0. The maximum absolute atomic E-state index is 5.60. The molecule has 0 saturated carbocycles. The van der Waals surface area contributed by atoms with Crippen LogP contribution >= 0.6 is 0 Å². The smallest absolute Gasteiger partial charge is 0.0716 e. The van der Waals surface area contributed by atoms with Crippen LogP contribution < -0.4 is 5.32 Å². The predicted octanol–water partition coefficient (Wildman–Crippen LogP) is 1.98. The summed E-state index contributed by atoms with van der Waals surface area (Å²) in [6.07, 6.45) is 0.918. The molecule has 0 aromatic heterocycles. The van der Waals surface area contributed by atoms with Crippen LogP contribution in [0.5, 0.6) is 0 Å². The quantitative estimate of drug-likeness (QED) is 0.622. The topological polar surface area (TPSA) is 39.7 Å². The van der Waals surface area contributed by atoms with Crippen LogP contribution in [-0.2, 0) is 27.4 Å². The lowest BCUT2D eigenvalue weighted by atomic mass is 10.1. The molecule has 4 heteroatoms. The van der Waals surface area contributed by atoms with E-state index in [1.54, 1.807) is 7.11 Å². The van der Waals surface area contributed by atoms with Crippen molar-refractivity contribution in [2.24, 2.45) is 0 Å². The van der Waals surface area contributed by atoms with Crippen molar-refractivity contribution in [2.45, 2.75) is 19.6 Å². The summed E-state index contributed by atoms with van der Waals surface area (Å²) in [6, 6.07) is 8.48.